The first-order valence-corrected chi connectivity index (χ1v) is 7.04. The van der Waals surface area contributed by atoms with Gasteiger partial charge in [-0.1, -0.05) is 0 Å². The Bertz CT molecular complexity index is 525. The largest absolute Gasteiger partial charge is 0.323 e. The number of likely N-dealkylation sites (tertiary alicyclic amines) is 1. The van der Waals surface area contributed by atoms with Gasteiger partial charge in [-0.2, -0.15) is 0 Å². The second-order valence-electron chi connectivity index (χ2n) is 5.03. The summed E-state index contributed by atoms with van der Waals surface area (Å²) in [6.07, 6.45) is 0.885. The molecule has 0 aromatic heterocycles. The third kappa shape index (κ3) is 3.27. The molecule has 1 aromatic carbocycles. The summed E-state index contributed by atoms with van der Waals surface area (Å²) in [4.78, 5) is 15.7. The van der Waals surface area contributed by atoms with Crippen molar-refractivity contribution in [2.45, 2.75) is 12.5 Å². The maximum Gasteiger partial charge on any atom is 0.321 e. The van der Waals surface area contributed by atoms with Crippen molar-refractivity contribution >= 4 is 27.6 Å². The Balaban J connectivity index is 2.04. The van der Waals surface area contributed by atoms with Gasteiger partial charge in [0.05, 0.1) is 10.2 Å². The molecule has 4 nitrogen and oxygen atoms in total. The van der Waals surface area contributed by atoms with Gasteiger partial charge >= 0.3 is 6.03 Å². The highest BCUT2D eigenvalue weighted by atomic mass is 79.9. The van der Waals surface area contributed by atoms with Crippen LogP contribution in [0.4, 0.5) is 19.3 Å². The van der Waals surface area contributed by atoms with Crippen LogP contribution >= 0.6 is 15.9 Å². The summed E-state index contributed by atoms with van der Waals surface area (Å²) in [5.74, 6) is -1.49. The van der Waals surface area contributed by atoms with Gasteiger partial charge in [0, 0.05) is 25.2 Å². The summed E-state index contributed by atoms with van der Waals surface area (Å²) < 4.78 is 26.8. The number of carbonyl (C=O) groups excluding carboxylic acids is 1. The first kappa shape index (κ1) is 15.2. The molecule has 1 atom stereocenters. The molecule has 7 heteroatoms. The molecule has 1 heterocycles. The van der Waals surface area contributed by atoms with Crippen LogP contribution in [-0.2, 0) is 0 Å². The van der Waals surface area contributed by atoms with Crippen molar-refractivity contribution < 1.29 is 13.6 Å². The highest BCUT2D eigenvalue weighted by Crippen LogP contribution is 2.24. The molecule has 1 saturated heterocycles. The zero-order chi connectivity index (χ0) is 14.9. The van der Waals surface area contributed by atoms with Crippen LogP contribution in [0.15, 0.2) is 16.6 Å². The summed E-state index contributed by atoms with van der Waals surface area (Å²) >= 11 is 2.97. The minimum atomic E-state index is -0.789. The van der Waals surface area contributed by atoms with E-state index in [0.717, 1.165) is 12.5 Å². The Hall–Kier alpha value is -1.21. The normalized spacial score (nSPS) is 18.7. The van der Waals surface area contributed by atoms with Crippen molar-refractivity contribution in [2.75, 3.05) is 32.5 Å². The summed E-state index contributed by atoms with van der Waals surface area (Å²) in [5, 5.41) is 2.48. The Kier molecular flexibility index (Phi) is 4.59. The van der Waals surface area contributed by atoms with E-state index in [0.29, 0.717) is 19.1 Å². The van der Waals surface area contributed by atoms with Crippen LogP contribution in [0.1, 0.15) is 6.42 Å². The van der Waals surface area contributed by atoms with Crippen molar-refractivity contribution in [1.29, 1.82) is 0 Å². The molecule has 2 rings (SSSR count). The van der Waals surface area contributed by atoms with E-state index in [1.807, 2.05) is 14.1 Å². The van der Waals surface area contributed by atoms with E-state index in [9.17, 15) is 13.6 Å². The molecule has 0 bridgehead atoms. The Morgan fingerprint density at radius 1 is 1.40 bits per heavy atom. The fraction of sp³-hybridized carbons (Fsp3) is 0.462. The van der Waals surface area contributed by atoms with Crippen LogP contribution in [-0.4, -0.2) is 49.1 Å². The Labute approximate surface area is 124 Å². The number of anilines is 1. The lowest BCUT2D eigenvalue weighted by Crippen LogP contribution is -2.37. The van der Waals surface area contributed by atoms with Gasteiger partial charge < -0.3 is 15.1 Å². The molecule has 1 aliphatic rings. The standard InChI is InChI=1S/C13H16BrF2N3O/c1-18(2)8-3-4-19(7-8)13(20)17-12-5-9(14)10(15)6-11(12)16/h5-6,8H,3-4,7H2,1-2H3,(H,17,20). The molecule has 1 fully saturated rings. The van der Waals surface area contributed by atoms with Crippen molar-refractivity contribution in [2.24, 2.45) is 0 Å². The van der Waals surface area contributed by atoms with Crippen LogP contribution in [0.3, 0.4) is 0 Å². The number of nitrogens with one attached hydrogen (secondary N) is 1. The quantitative estimate of drug-likeness (QED) is 0.835. The van der Waals surface area contributed by atoms with Crippen LogP contribution < -0.4 is 5.32 Å². The maximum absolute atomic E-state index is 13.6. The summed E-state index contributed by atoms with van der Waals surface area (Å²) in [6, 6.07) is 1.91. The lowest BCUT2D eigenvalue weighted by molar-refractivity contribution is 0.216. The molecular weight excluding hydrogens is 332 g/mol. The number of hydrogen-bond acceptors (Lipinski definition) is 2. The fourth-order valence-corrected chi connectivity index (χ4v) is 2.50. The number of nitrogens with zero attached hydrogens (tertiary/aromatic N) is 2. The second kappa shape index (κ2) is 6.05. The van der Waals surface area contributed by atoms with Crippen LogP contribution in [0.5, 0.6) is 0 Å². The van der Waals surface area contributed by atoms with Crippen molar-refractivity contribution in [3.8, 4) is 0 Å². The predicted molar refractivity (Wildman–Crippen MR) is 76.7 cm³/mol. The zero-order valence-electron chi connectivity index (χ0n) is 11.3. The van der Waals surface area contributed by atoms with Gasteiger partial charge in [-0.15, -0.1) is 0 Å². The van der Waals surface area contributed by atoms with Gasteiger partial charge in [-0.05, 0) is 42.5 Å². The van der Waals surface area contributed by atoms with Gasteiger partial charge in [-0.3, -0.25) is 0 Å². The molecule has 1 aromatic rings. The number of hydrogen-bond donors (Lipinski definition) is 1. The van der Waals surface area contributed by atoms with Crippen molar-refractivity contribution in [3.05, 3.63) is 28.2 Å². The molecule has 0 saturated carbocycles. The SMILES string of the molecule is CN(C)C1CCN(C(=O)Nc2cc(Br)c(F)cc2F)C1. The third-order valence-electron chi connectivity index (χ3n) is 3.43. The third-order valence-corrected chi connectivity index (χ3v) is 4.04. The molecule has 1 unspecified atom stereocenters. The summed E-state index contributed by atoms with van der Waals surface area (Å²) in [6.45, 7) is 1.22. The Morgan fingerprint density at radius 2 is 2.10 bits per heavy atom. The molecule has 2 amide bonds. The number of rotatable bonds is 2. The predicted octanol–water partition coefficient (Wildman–Crippen LogP) is 2.90. The van der Waals surface area contributed by atoms with E-state index in [4.69, 9.17) is 0 Å². The molecule has 20 heavy (non-hydrogen) atoms. The van der Waals surface area contributed by atoms with Gasteiger partial charge in [0.15, 0.2) is 0 Å². The summed E-state index contributed by atoms with van der Waals surface area (Å²) in [5.41, 5.74) is -0.0309. The molecule has 1 aliphatic heterocycles. The average molecular weight is 348 g/mol. The minimum absolute atomic E-state index is 0.0309. The second-order valence-corrected chi connectivity index (χ2v) is 5.88. The number of halogens is 3. The molecule has 0 aliphatic carbocycles. The average Bonchev–Trinajstić information content (AvgIpc) is 2.85. The molecule has 110 valence electrons. The van der Waals surface area contributed by atoms with Crippen LogP contribution in [0, 0.1) is 11.6 Å². The number of carbonyl (C=O) groups is 1. The van der Waals surface area contributed by atoms with Crippen molar-refractivity contribution in [1.82, 2.24) is 9.80 Å². The maximum atomic E-state index is 13.6. The van der Waals surface area contributed by atoms with E-state index in [2.05, 4.69) is 26.1 Å². The molecule has 1 N–H and O–H groups in total. The molecule has 0 radical (unpaired) electrons. The zero-order valence-corrected chi connectivity index (χ0v) is 12.9. The lowest BCUT2D eigenvalue weighted by Gasteiger charge is -2.21. The highest BCUT2D eigenvalue weighted by Gasteiger charge is 2.27. The van der Waals surface area contributed by atoms with Gasteiger partial charge in [0.1, 0.15) is 11.6 Å². The molecule has 0 spiro atoms. The van der Waals surface area contributed by atoms with E-state index in [1.54, 1.807) is 4.90 Å². The first-order chi connectivity index (χ1) is 9.38. The van der Waals surface area contributed by atoms with E-state index in [1.165, 1.54) is 6.07 Å². The smallest absolute Gasteiger partial charge is 0.321 e. The van der Waals surface area contributed by atoms with Crippen molar-refractivity contribution in [3.63, 3.8) is 0 Å². The van der Waals surface area contributed by atoms with Gasteiger partial charge in [-0.25, -0.2) is 13.6 Å². The topological polar surface area (TPSA) is 35.6 Å². The van der Waals surface area contributed by atoms with Crippen LogP contribution in [0.2, 0.25) is 0 Å². The highest BCUT2D eigenvalue weighted by molar-refractivity contribution is 9.10. The lowest BCUT2D eigenvalue weighted by atomic mass is 10.2. The monoisotopic (exact) mass is 347 g/mol. The van der Waals surface area contributed by atoms with Gasteiger partial charge in [0.25, 0.3) is 0 Å². The molecular formula is C13H16BrF2N3O. The number of benzene rings is 1. The number of likely N-dealkylation sites (N-methyl/N-ethyl adjacent to an activating group) is 1. The summed E-state index contributed by atoms with van der Waals surface area (Å²) in [7, 11) is 3.92. The van der Waals surface area contributed by atoms with E-state index >= 15 is 0 Å². The number of urea groups is 1. The van der Waals surface area contributed by atoms with Gasteiger partial charge in [0.2, 0.25) is 0 Å². The van der Waals surface area contributed by atoms with E-state index < -0.39 is 11.6 Å². The van der Waals surface area contributed by atoms with E-state index in [-0.39, 0.29) is 16.2 Å². The Morgan fingerprint density at radius 3 is 2.70 bits per heavy atom. The van der Waals surface area contributed by atoms with Crippen LogP contribution in [0.25, 0.3) is 0 Å². The fourth-order valence-electron chi connectivity index (χ4n) is 2.16. The number of amides is 2. The first-order valence-electron chi connectivity index (χ1n) is 6.25. The minimum Gasteiger partial charge on any atom is -0.323 e.